The van der Waals surface area contributed by atoms with Crippen molar-refractivity contribution >= 4 is 21.6 Å². The van der Waals surface area contributed by atoms with Crippen molar-refractivity contribution in [2.75, 3.05) is 20.1 Å². The van der Waals surface area contributed by atoms with Gasteiger partial charge >= 0.3 is 0 Å². The third-order valence-corrected chi connectivity index (χ3v) is 4.88. The van der Waals surface area contributed by atoms with E-state index in [9.17, 15) is 8.42 Å². The number of sulfonamides is 1. The van der Waals surface area contributed by atoms with Gasteiger partial charge in [-0.05, 0) is 56.4 Å². The van der Waals surface area contributed by atoms with Crippen molar-refractivity contribution in [2.24, 2.45) is 0 Å². The Bertz CT molecular complexity index is 733. The molecule has 2 aromatic rings. The minimum atomic E-state index is -3.50. The van der Waals surface area contributed by atoms with Crippen LogP contribution in [0.4, 0.5) is 0 Å². The average Bonchev–Trinajstić information content (AvgIpc) is 2.54. The Morgan fingerprint density at radius 3 is 2.39 bits per heavy atom. The Morgan fingerprint density at radius 1 is 1.04 bits per heavy atom. The summed E-state index contributed by atoms with van der Waals surface area (Å²) in [5.41, 5.74) is 0. The molecule has 0 spiro atoms. The van der Waals surface area contributed by atoms with Gasteiger partial charge in [0.1, 0.15) is 11.5 Å². The van der Waals surface area contributed by atoms with Crippen molar-refractivity contribution in [3.63, 3.8) is 0 Å². The van der Waals surface area contributed by atoms with Gasteiger partial charge in [-0.25, -0.2) is 13.1 Å². The van der Waals surface area contributed by atoms with Crippen molar-refractivity contribution in [2.45, 2.75) is 11.3 Å². The summed E-state index contributed by atoms with van der Waals surface area (Å²) in [6, 6.07) is 13.3. The van der Waals surface area contributed by atoms with Crippen molar-refractivity contribution in [1.29, 1.82) is 0 Å². The third kappa shape index (κ3) is 5.21. The van der Waals surface area contributed by atoms with Crippen molar-refractivity contribution in [3.8, 4) is 11.5 Å². The number of hydrogen-bond donors (Lipinski definition) is 2. The normalized spacial score (nSPS) is 11.4. The fourth-order valence-electron chi connectivity index (χ4n) is 1.90. The molecule has 0 saturated carbocycles. The number of ether oxygens (including phenoxy) is 1. The first-order valence-electron chi connectivity index (χ1n) is 7.19. The van der Waals surface area contributed by atoms with E-state index >= 15 is 0 Å². The van der Waals surface area contributed by atoms with Gasteiger partial charge in [-0.2, -0.15) is 0 Å². The lowest BCUT2D eigenvalue weighted by molar-refractivity contribution is 0.482. The average molecular weight is 355 g/mol. The molecule has 0 aliphatic heterocycles. The van der Waals surface area contributed by atoms with E-state index in [0.717, 1.165) is 13.0 Å². The lowest BCUT2D eigenvalue weighted by Crippen LogP contribution is -2.26. The smallest absolute Gasteiger partial charge is 0.240 e. The minimum absolute atomic E-state index is 0.202. The van der Waals surface area contributed by atoms with E-state index in [-0.39, 0.29) is 4.90 Å². The van der Waals surface area contributed by atoms with Crippen LogP contribution >= 0.6 is 11.6 Å². The van der Waals surface area contributed by atoms with E-state index in [1.165, 1.54) is 12.1 Å². The van der Waals surface area contributed by atoms with Crippen LogP contribution in [-0.2, 0) is 10.0 Å². The first-order valence-corrected chi connectivity index (χ1v) is 9.06. The van der Waals surface area contributed by atoms with E-state index in [2.05, 4.69) is 10.0 Å². The lowest BCUT2D eigenvalue weighted by atomic mass is 10.3. The summed E-state index contributed by atoms with van der Waals surface area (Å²) < 4.78 is 32.4. The molecule has 0 aromatic heterocycles. The van der Waals surface area contributed by atoms with E-state index in [1.807, 2.05) is 19.2 Å². The summed E-state index contributed by atoms with van der Waals surface area (Å²) in [7, 11) is -1.67. The standard InChI is InChI=1S/C16H19ClN2O3S/c1-18-11-4-12-19-23(20,21)14-9-7-13(8-10-14)22-16-6-3-2-5-15(16)17/h2-3,5-10,18-19H,4,11-12H2,1H3. The number of para-hydroxylation sites is 1. The summed E-state index contributed by atoms with van der Waals surface area (Å²) in [6.07, 6.45) is 0.726. The zero-order valence-electron chi connectivity index (χ0n) is 12.8. The van der Waals surface area contributed by atoms with Gasteiger partial charge in [0, 0.05) is 6.54 Å². The molecule has 5 nitrogen and oxygen atoms in total. The summed E-state index contributed by atoms with van der Waals surface area (Å²) in [5.74, 6) is 1.04. The van der Waals surface area contributed by atoms with Crippen LogP contribution in [0.2, 0.25) is 5.02 Å². The Hall–Kier alpha value is -1.60. The van der Waals surface area contributed by atoms with Crippen LogP contribution < -0.4 is 14.8 Å². The summed E-state index contributed by atoms with van der Waals surface area (Å²) in [6.45, 7) is 1.15. The maximum absolute atomic E-state index is 12.1. The molecule has 23 heavy (non-hydrogen) atoms. The van der Waals surface area contributed by atoms with Crippen LogP contribution in [0.25, 0.3) is 0 Å². The Morgan fingerprint density at radius 2 is 1.74 bits per heavy atom. The highest BCUT2D eigenvalue weighted by Crippen LogP contribution is 2.29. The molecule has 0 fully saturated rings. The van der Waals surface area contributed by atoms with Gasteiger partial charge in [-0.3, -0.25) is 0 Å². The highest BCUT2D eigenvalue weighted by atomic mass is 35.5. The summed E-state index contributed by atoms with van der Waals surface area (Å²) >= 11 is 6.02. The third-order valence-electron chi connectivity index (χ3n) is 3.09. The highest BCUT2D eigenvalue weighted by Gasteiger charge is 2.13. The molecule has 0 aliphatic rings. The summed E-state index contributed by atoms with van der Waals surface area (Å²) in [5, 5.41) is 3.46. The predicted molar refractivity (Wildman–Crippen MR) is 91.7 cm³/mol. The van der Waals surface area contributed by atoms with Crippen LogP contribution in [0.3, 0.4) is 0 Å². The molecule has 0 bridgehead atoms. The summed E-state index contributed by atoms with van der Waals surface area (Å²) in [4.78, 5) is 0.202. The van der Waals surface area contributed by atoms with Gasteiger partial charge in [0.25, 0.3) is 0 Å². The fraction of sp³-hybridized carbons (Fsp3) is 0.250. The van der Waals surface area contributed by atoms with Crippen molar-refractivity contribution in [3.05, 3.63) is 53.6 Å². The number of nitrogens with one attached hydrogen (secondary N) is 2. The van der Waals surface area contributed by atoms with Crippen LogP contribution in [-0.4, -0.2) is 28.6 Å². The van der Waals surface area contributed by atoms with E-state index in [1.54, 1.807) is 24.3 Å². The SMILES string of the molecule is CNCCCNS(=O)(=O)c1ccc(Oc2ccccc2Cl)cc1. The molecule has 2 rings (SSSR count). The van der Waals surface area contributed by atoms with E-state index in [4.69, 9.17) is 16.3 Å². The number of benzene rings is 2. The molecule has 2 N–H and O–H groups in total. The van der Waals surface area contributed by atoms with Crippen molar-refractivity contribution in [1.82, 2.24) is 10.0 Å². The molecule has 0 atom stereocenters. The topological polar surface area (TPSA) is 67.4 Å². The Labute approximate surface area is 141 Å². The molecule has 0 aliphatic carbocycles. The molecular weight excluding hydrogens is 336 g/mol. The Kier molecular flexibility index (Phi) is 6.41. The maximum Gasteiger partial charge on any atom is 0.240 e. The molecule has 0 radical (unpaired) electrons. The molecule has 0 heterocycles. The molecule has 2 aromatic carbocycles. The number of rotatable bonds is 8. The predicted octanol–water partition coefficient (Wildman–Crippen LogP) is 3.02. The quantitative estimate of drug-likeness (QED) is 0.715. The first kappa shape index (κ1) is 17.7. The number of hydrogen-bond acceptors (Lipinski definition) is 4. The van der Waals surface area contributed by atoms with Gasteiger partial charge in [-0.1, -0.05) is 23.7 Å². The largest absolute Gasteiger partial charge is 0.456 e. The minimum Gasteiger partial charge on any atom is -0.456 e. The van der Waals surface area contributed by atoms with Gasteiger partial charge in [0.15, 0.2) is 0 Å². The van der Waals surface area contributed by atoms with Crippen LogP contribution in [0.5, 0.6) is 11.5 Å². The molecule has 0 saturated heterocycles. The molecule has 0 amide bonds. The van der Waals surface area contributed by atoms with Crippen LogP contribution in [0, 0.1) is 0 Å². The second-order valence-corrected chi connectivity index (χ2v) is 7.03. The second kappa shape index (κ2) is 8.31. The van der Waals surface area contributed by atoms with Crippen molar-refractivity contribution < 1.29 is 13.2 Å². The molecule has 7 heteroatoms. The second-order valence-electron chi connectivity index (χ2n) is 4.86. The lowest BCUT2D eigenvalue weighted by Gasteiger charge is -2.09. The maximum atomic E-state index is 12.1. The van der Waals surface area contributed by atoms with Crippen LogP contribution in [0.1, 0.15) is 6.42 Å². The van der Waals surface area contributed by atoms with E-state index < -0.39 is 10.0 Å². The zero-order chi connectivity index (χ0) is 16.7. The molecule has 124 valence electrons. The number of halogens is 1. The van der Waals surface area contributed by atoms with Crippen LogP contribution in [0.15, 0.2) is 53.4 Å². The van der Waals surface area contributed by atoms with Gasteiger partial charge in [0.2, 0.25) is 10.0 Å². The zero-order valence-corrected chi connectivity index (χ0v) is 14.3. The highest BCUT2D eigenvalue weighted by molar-refractivity contribution is 7.89. The molecular formula is C16H19ClN2O3S. The monoisotopic (exact) mass is 354 g/mol. The van der Waals surface area contributed by atoms with E-state index in [0.29, 0.717) is 23.1 Å². The van der Waals surface area contributed by atoms with Gasteiger partial charge in [0.05, 0.1) is 9.92 Å². The van der Waals surface area contributed by atoms with Gasteiger partial charge < -0.3 is 10.1 Å². The fourth-order valence-corrected chi connectivity index (χ4v) is 3.14. The molecule has 0 unspecified atom stereocenters. The van der Waals surface area contributed by atoms with Gasteiger partial charge in [-0.15, -0.1) is 0 Å². The first-order chi connectivity index (χ1) is 11.0. The Balaban J connectivity index is 2.03.